The Bertz CT molecular complexity index is 759. The highest BCUT2D eigenvalue weighted by Gasteiger charge is 2.10. The Morgan fingerprint density at radius 1 is 1.06 bits per heavy atom. The normalized spacial score (nSPS) is 11.1. The van der Waals surface area contributed by atoms with E-state index < -0.39 is 0 Å². The summed E-state index contributed by atoms with van der Waals surface area (Å²) >= 11 is 0. The van der Waals surface area contributed by atoms with Crippen molar-refractivity contribution in [2.75, 3.05) is 0 Å². The van der Waals surface area contributed by atoms with Crippen molar-refractivity contribution in [2.24, 2.45) is 0 Å². The third kappa shape index (κ3) is 1.65. The van der Waals surface area contributed by atoms with Crippen molar-refractivity contribution in [3.8, 4) is 0 Å². The lowest BCUT2D eigenvalue weighted by Crippen LogP contribution is -1.98. The van der Waals surface area contributed by atoms with Crippen LogP contribution in [0.2, 0.25) is 6.32 Å². The van der Waals surface area contributed by atoms with Crippen LogP contribution in [-0.4, -0.2) is 21.5 Å². The molecule has 1 aromatic heterocycles. The van der Waals surface area contributed by atoms with E-state index in [1.165, 1.54) is 5.46 Å². The van der Waals surface area contributed by atoms with Crippen molar-refractivity contribution >= 4 is 48.9 Å². The van der Waals surface area contributed by atoms with Gasteiger partial charge in [0.15, 0.2) is 5.78 Å². The van der Waals surface area contributed by atoms with Crippen molar-refractivity contribution in [3.63, 3.8) is 0 Å². The van der Waals surface area contributed by atoms with Crippen molar-refractivity contribution in [1.29, 1.82) is 0 Å². The maximum atomic E-state index is 11.7. The summed E-state index contributed by atoms with van der Waals surface area (Å²) in [5.74, 6) is 0.147. The summed E-state index contributed by atoms with van der Waals surface area (Å²) in [5.41, 5.74) is 3.56. The zero-order valence-corrected chi connectivity index (χ0v) is 10.5. The topological polar surface area (TPSA) is 30.2 Å². The summed E-state index contributed by atoms with van der Waals surface area (Å²) in [5, 5.41) is 2.17. The van der Waals surface area contributed by atoms with Crippen LogP contribution in [0.25, 0.3) is 21.9 Å². The number of fused-ring (bicyclic) bond motifs is 3. The number of carbonyl (C=O) groups is 1. The molecule has 0 unspecified atom stereocenters. The highest BCUT2D eigenvalue weighted by Crippen LogP contribution is 2.28. The molecule has 0 aliphatic carbocycles. The predicted octanol–water partition coefficient (Wildman–Crippen LogP) is 1.08. The van der Waals surface area contributed by atoms with E-state index in [1.807, 2.05) is 40.0 Å². The van der Waals surface area contributed by atoms with Gasteiger partial charge >= 0.3 is 0 Å². The molecule has 0 saturated carbocycles. The van der Waals surface area contributed by atoms with E-state index in [2.05, 4.69) is 12.1 Å². The minimum Gasteiger partial charge on any atom is -0.456 e. The average Bonchev–Trinajstić information content (AvgIpc) is 2.73. The highest BCUT2D eigenvalue weighted by molar-refractivity contribution is 6.33. The van der Waals surface area contributed by atoms with Gasteiger partial charge in [0.05, 0.1) is 0 Å². The average molecular weight is 234 g/mol. The van der Waals surface area contributed by atoms with Crippen molar-refractivity contribution in [3.05, 3.63) is 42.0 Å². The maximum Gasteiger partial charge on any atom is 0.155 e. The van der Waals surface area contributed by atoms with Gasteiger partial charge in [0.2, 0.25) is 0 Å². The quantitative estimate of drug-likeness (QED) is 0.490. The number of Topliss-reactive ketones (excluding diaryl/α,β-unsaturated/α-hetero) is 1. The van der Waals surface area contributed by atoms with Crippen molar-refractivity contribution < 1.29 is 9.21 Å². The molecule has 18 heavy (non-hydrogen) atoms. The summed E-state index contributed by atoms with van der Waals surface area (Å²) in [6, 6.07) is 11.9. The van der Waals surface area contributed by atoms with Crippen LogP contribution in [-0.2, 0) is 0 Å². The summed E-state index contributed by atoms with van der Waals surface area (Å²) in [6.45, 7) is 0. The summed E-state index contributed by atoms with van der Waals surface area (Å²) in [4.78, 5) is 11.7. The molecule has 4 heteroatoms. The second-order valence-corrected chi connectivity index (χ2v) is 4.59. The number of hydrogen-bond acceptors (Lipinski definition) is 2. The van der Waals surface area contributed by atoms with Gasteiger partial charge in [0, 0.05) is 16.3 Å². The molecular weight excluding hydrogens is 222 g/mol. The van der Waals surface area contributed by atoms with E-state index >= 15 is 0 Å². The number of benzene rings is 2. The zero-order valence-electron chi connectivity index (χ0n) is 10.5. The standard InChI is InChI=1S/C14H12B2O2/c15-7-12(17)8-1-3-10-11-4-2-9(16)6-14(11)18-13(10)5-8/h1-6H,7,15-16H2. The molecule has 0 N–H and O–H groups in total. The Labute approximate surface area is 107 Å². The van der Waals surface area contributed by atoms with E-state index in [-0.39, 0.29) is 5.78 Å². The molecule has 1 heterocycles. The second kappa shape index (κ2) is 4.05. The van der Waals surface area contributed by atoms with Crippen LogP contribution < -0.4 is 5.46 Å². The molecule has 0 saturated heterocycles. The highest BCUT2D eigenvalue weighted by atomic mass is 16.3. The first-order valence-electron chi connectivity index (χ1n) is 6.15. The number of furan rings is 1. The lowest BCUT2D eigenvalue weighted by atomic mass is 9.94. The molecule has 0 spiro atoms. The minimum absolute atomic E-state index is 0.147. The first-order valence-corrected chi connectivity index (χ1v) is 6.15. The van der Waals surface area contributed by atoms with Gasteiger partial charge in [-0.3, -0.25) is 4.79 Å². The van der Waals surface area contributed by atoms with Crippen LogP contribution in [0, 0.1) is 0 Å². The predicted molar refractivity (Wildman–Crippen MR) is 79.6 cm³/mol. The van der Waals surface area contributed by atoms with Crippen molar-refractivity contribution in [2.45, 2.75) is 6.32 Å². The fraction of sp³-hybridized carbons (Fsp3) is 0.0714. The van der Waals surface area contributed by atoms with E-state index in [0.717, 1.165) is 27.5 Å². The Morgan fingerprint density at radius 2 is 1.72 bits per heavy atom. The Kier molecular flexibility index (Phi) is 2.51. The van der Waals surface area contributed by atoms with E-state index in [9.17, 15) is 4.79 Å². The first kappa shape index (κ1) is 11.1. The number of hydrogen-bond donors (Lipinski definition) is 0. The fourth-order valence-electron chi connectivity index (χ4n) is 2.26. The monoisotopic (exact) mass is 234 g/mol. The number of ketones is 1. The first-order chi connectivity index (χ1) is 8.69. The van der Waals surface area contributed by atoms with Crippen LogP contribution in [0.5, 0.6) is 0 Å². The molecule has 0 amide bonds. The van der Waals surface area contributed by atoms with Gasteiger partial charge < -0.3 is 4.42 Å². The van der Waals surface area contributed by atoms with E-state index in [0.29, 0.717) is 6.32 Å². The van der Waals surface area contributed by atoms with Gasteiger partial charge in [-0.1, -0.05) is 23.7 Å². The Balaban J connectivity index is 2.29. The molecule has 0 aliphatic heterocycles. The number of carbonyl (C=O) groups excluding carboxylic acids is 1. The molecule has 3 rings (SSSR count). The maximum absolute atomic E-state index is 11.7. The second-order valence-electron chi connectivity index (χ2n) is 4.59. The third-order valence-corrected chi connectivity index (χ3v) is 3.27. The molecule has 0 fully saturated rings. The van der Waals surface area contributed by atoms with Gasteiger partial charge in [-0.05, 0) is 24.5 Å². The van der Waals surface area contributed by atoms with E-state index in [4.69, 9.17) is 4.42 Å². The summed E-state index contributed by atoms with van der Waals surface area (Å²) in [6.07, 6.45) is 0.519. The minimum atomic E-state index is 0.147. The molecular formula is C14H12B2O2. The molecule has 2 nitrogen and oxygen atoms in total. The van der Waals surface area contributed by atoms with Gasteiger partial charge in [-0.2, -0.15) is 0 Å². The smallest absolute Gasteiger partial charge is 0.155 e. The van der Waals surface area contributed by atoms with Crippen LogP contribution >= 0.6 is 0 Å². The SMILES string of the molecule is BCC(=O)c1ccc2c(c1)oc1cc(B)ccc12. The molecule has 0 radical (unpaired) electrons. The van der Waals surface area contributed by atoms with Crippen LogP contribution in [0.4, 0.5) is 0 Å². The Hall–Kier alpha value is -1.96. The van der Waals surface area contributed by atoms with Gasteiger partial charge in [-0.25, -0.2) is 0 Å². The van der Waals surface area contributed by atoms with Gasteiger partial charge in [0.25, 0.3) is 0 Å². The molecule has 3 aromatic rings. The summed E-state index contributed by atoms with van der Waals surface area (Å²) in [7, 11) is 3.91. The largest absolute Gasteiger partial charge is 0.456 e. The van der Waals surface area contributed by atoms with E-state index in [1.54, 1.807) is 0 Å². The van der Waals surface area contributed by atoms with Gasteiger partial charge in [-0.15, -0.1) is 0 Å². The van der Waals surface area contributed by atoms with Crippen LogP contribution in [0.3, 0.4) is 0 Å². The molecule has 86 valence electrons. The van der Waals surface area contributed by atoms with Crippen LogP contribution in [0.1, 0.15) is 10.4 Å². The Morgan fingerprint density at radius 3 is 2.44 bits per heavy atom. The lowest BCUT2D eigenvalue weighted by Gasteiger charge is -1.96. The van der Waals surface area contributed by atoms with Crippen molar-refractivity contribution in [1.82, 2.24) is 0 Å². The molecule has 2 aromatic carbocycles. The summed E-state index contributed by atoms with van der Waals surface area (Å²) < 4.78 is 5.82. The van der Waals surface area contributed by atoms with Gasteiger partial charge in [0.1, 0.15) is 26.9 Å². The zero-order chi connectivity index (χ0) is 12.7. The fourth-order valence-corrected chi connectivity index (χ4v) is 2.26. The number of rotatable bonds is 2. The van der Waals surface area contributed by atoms with Crippen LogP contribution in [0.15, 0.2) is 40.8 Å². The lowest BCUT2D eigenvalue weighted by molar-refractivity contribution is 0.101. The molecule has 0 aliphatic rings. The molecule has 0 bridgehead atoms. The molecule has 0 atom stereocenters. The third-order valence-electron chi connectivity index (χ3n) is 3.27.